The van der Waals surface area contributed by atoms with E-state index in [-0.39, 0.29) is 25.8 Å². The van der Waals surface area contributed by atoms with Crippen molar-refractivity contribution < 1.29 is 19.1 Å². The highest BCUT2D eigenvalue weighted by atomic mass is 16.5. The maximum absolute atomic E-state index is 13.5. The monoisotopic (exact) mass is 379 g/mol. The topological polar surface area (TPSA) is 82.9 Å². The van der Waals surface area contributed by atoms with Crippen LogP contribution in [0.2, 0.25) is 0 Å². The van der Waals surface area contributed by atoms with E-state index in [1.807, 2.05) is 30.3 Å². The first-order chi connectivity index (χ1) is 13.6. The zero-order chi connectivity index (χ0) is 20.1. The zero-order valence-corrected chi connectivity index (χ0v) is 15.8. The number of benzene rings is 2. The first-order valence-electron chi connectivity index (χ1n) is 8.74. The van der Waals surface area contributed by atoms with Crippen LogP contribution in [0.1, 0.15) is 16.7 Å². The molecule has 0 N–H and O–H groups in total. The van der Waals surface area contributed by atoms with Crippen LogP contribution in [0.25, 0.3) is 0 Å². The van der Waals surface area contributed by atoms with Gasteiger partial charge in [-0.1, -0.05) is 42.5 Å². The van der Waals surface area contributed by atoms with E-state index >= 15 is 0 Å². The number of amides is 3. The molecule has 0 bridgehead atoms. The number of rotatable bonds is 7. The standard InChI is InChI=1S/C21H21N3O4/c1-27-14-23-19(25)21(24(15-28-2)20(23)26,12-16-6-4-3-5-7-16)18-10-8-17(13-22)9-11-18/h3-11H,12,14-15H2,1-2H3/t21-/m0/s1. The lowest BCUT2D eigenvalue weighted by Crippen LogP contribution is -2.49. The number of hydrogen-bond acceptors (Lipinski definition) is 5. The lowest BCUT2D eigenvalue weighted by atomic mass is 9.82. The summed E-state index contributed by atoms with van der Waals surface area (Å²) in [5, 5.41) is 9.11. The van der Waals surface area contributed by atoms with Gasteiger partial charge < -0.3 is 9.47 Å². The van der Waals surface area contributed by atoms with Crippen LogP contribution < -0.4 is 0 Å². The minimum absolute atomic E-state index is 0.0579. The third-order valence-corrected chi connectivity index (χ3v) is 4.83. The smallest absolute Gasteiger partial charge is 0.331 e. The zero-order valence-electron chi connectivity index (χ0n) is 15.8. The number of methoxy groups -OCH3 is 2. The van der Waals surface area contributed by atoms with Gasteiger partial charge in [0.15, 0.2) is 5.54 Å². The second kappa shape index (κ2) is 8.21. The minimum Gasteiger partial charge on any atom is -0.364 e. The van der Waals surface area contributed by atoms with E-state index in [0.29, 0.717) is 11.1 Å². The molecule has 0 unspecified atom stereocenters. The van der Waals surface area contributed by atoms with Crippen molar-refractivity contribution in [2.75, 3.05) is 27.7 Å². The molecule has 0 spiro atoms. The Hall–Kier alpha value is -3.21. The van der Waals surface area contributed by atoms with Crippen LogP contribution in [0.3, 0.4) is 0 Å². The second-order valence-corrected chi connectivity index (χ2v) is 6.49. The van der Waals surface area contributed by atoms with Crippen LogP contribution in [0.5, 0.6) is 0 Å². The molecule has 1 aliphatic heterocycles. The second-order valence-electron chi connectivity index (χ2n) is 6.49. The highest BCUT2D eigenvalue weighted by Gasteiger charge is 2.58. The molecule has 3 rings (SSSR count). The SMILES string of the molecule is COCN1C(=O)N(COC)[C@@](Cc2ccccc2)(c2ccc(C#N)cc2)C1=O. The summed E-state index contributed by atoms with van der Waals surface area (Å²) in [7, 11) is 2.91. The highest BCUT2D eigenvalue weighted by Crippen LogP contribution is 2.40. The largest absolute Gasteiger partial charge is 0.364 e. The van der Waals surface area contributed by atoms with E-state index in [4.69, 9.17) is 14.7 Å². The van der Waals surface area contributed by atoms with Gasteiger partial charge in [0.05, 0.1) is 11.6 Å². The van der Waals surface area contributed by atoms with Crippen molar-refractivity contribution in [1.29, 1.82) is 5.26 Å². The molecule has 2 aromatic carbocycles. The van der Waals surface area contributed by atoms with E-state index in [1.165, 1.54) is 19.1 Å². The molecule has 0 radical (unpaired) electrons. The molecule has 2 aromatic rings. The molecule has 1 fully saturated rings. The summed E-state index contributed by atoms with van der Waals surface area (Å²) < 4.78 is 10.3. The molecule has 0 saturated carbocycles. The van der Waals surface area contributed by atoms with Crippen molar-refractivity contribution in [2.45, 2.75) is 12.0 Å². The molecule has 7 heteroatoms. The number of carbonyl (C=O) groups is 2. The molecule has 0 aromatic heterocycles. The van der Waals surface area contributed by atoms with Crippen LogP contribution in [-0.2, 0) is 26.2 Å². The predicted molar refractivity (Wildman–Crippen MR) is 101 cm³/mol. The van der Waals surface area contributed by atoms with Gasteiger partial charge in [-0.05, 0) is 23.3 Å². The Bertz CT molecular complexity index is 892. The molecule has 1 aliphatic rings. The Labute approximate surface area is 163 Å². The Balaban J connectivity index is 2.18. The van der Waals surface area contributed by atoms with Crippen LogP contribution in [0, 0.1) is 11.3 Å². The predicted octanol–water partition coefficient (Wildman–Crippen LogP) is 2.47. The molecular weight excluding hydrogens is 358 g/mol. The number of imide groups is 1. The normalized spacial score (nSPS) is 19.2. The van der Waals surface area contributed by atoms with Crippen LogP contribution >= 0.6 is 0 Å². The lowest BCUT2D eigenvalue weighted by molar-refractivity contribution is -0.137. The van der Waals surface area contributed by atoms with Crippen molar-refractivity contribution in [3.8, 4) is 6.07 Å². The van der Waals surface area contributed by atoms with Crippen molar-refractivity contribution in [1.82, 2.24) is 9.80 Å². The fourth-order valence-electron chi connectivity index (χ4n) is 3.54. The van der Waals surface area contributed by atoms with Crippen molar-refractivity contribution in [3.63, 3.8) is 0 Å². The van der Waals surface area contributed by atoms with Gasteiger partial charge in [0.25, 0.3) is 5.91 Å². The van der Waals surface area contributed by atoms with E-state index in [0.717, 1.165) is 10.5 Å². The first-order valence-corrected chi connectivity index (χ1v) is 8.74. The van der Waals surface area contributed by atoms with Crippen molar-refractivity contribution >= 4 is 11.9 Å². The molecule has 7 nitrogen and oxygen atoms in total. The van der Waals surface area contributed by atoms with Gasteiger partial charge in [0, 0.05) is 20.6 Å². The Kier molecular flexibility index (Phi) is 5.73. The number of urea groups is 1. The quantitative estimate of drug-likeness (QED) is 0.690. The Morgan fingerprint density at radius 1 is 0.964 bits per heavy atom. The highest BCUT2D eigenvalue weighted by molar-refractivity contribution is 6.07. The summed E-state index contributed by atoms with van der Waals surface area (Å²) in [6, 6.07) is 17.8. The van der Waals surface area contributed by atoms with E-state index in [2.05, 4.69) is 6.07 Å². The van der Waals surface area contributed by atoms with Gasteiger partial charge in [0.2, 0.25) is 0 Å². The van der Waals surface area contributed by atoms with Gasteiger partial charge in [-0.15, -0.1) is 0 Å². The van der Waals surface area contributed by atoms with Gasteiger partial charge in [0.1, 0.15) is 13.5 Å². The number of carbonyl (C=O) groups excluding carboxylic acids is 2. The summed E-state index contributed by atoms with van der Waals surface area (Å²) in [5.41, 5.74) is 0.696. The number of nitriles is 1. The first kappa shape index (κ1) is 19.5. The maximum Gasteiger partial charge on any atom is 0.331 e. The molecule has 1 saturated heterocycles. The molecular formula is C21H21N3O4. The number of hydrogen-bond donors (Lipinski definition) is 0. The summed E-state index contributed by atoms with van der Waals surface area (Å²) in [4.78, 5) is 29.1. The van der Waals surface area contributed by atoms with Gasteiger partial charge in [-0.3, -0.25) is 9.69 Å². The minimum atomic E-state index is -1.29. The molecule has 28 heavy (non-hydrogen) atoms. The Morgan fingerprint density at radius 3 is 2.18 bits per heavy atom. The Morgan fingerprint density at radius 2 is 1.61 bits per heavy atom. The summed E-state index contributed by atoms with van der Waals surface area (Å²) in [6.07, 6.45) is 0.272. The molecule has 0 aliphatic carbocycles. The molecule has 3 amide bonds. The number of ether oxygens (including phenoxy) is 2. The van der Waals surface area contributed by atoms with Crippen molar-refractivity contribution in [3.05, 3.63) is 71.3 Å². The molecule has 1 atom stereocenters. The van der Waals surface area contributed by atoms with E-state index < -0.39 is 11.6 Å². The summed E-state index contributed by atoms with van der Waals surface area (Å²) >= 11 is 0. The van der Waals surface area contributed by atoms with Gasteiger partial charge >= 0.3 is 6.03 Å². The molecule has 144 valence electrons. The lowest BCUT2D eigenvalue weighted by Gasteiger charge is -2.35. The maximum atomic E-state index is 13.5. The average molecular weight is 379 g/mol. The molecule has 1 heterocycles. The summed E-state index contributed by atoms with van der Waals surface area (Å²) in [6.45, 7) is -0.206. The van der Waals surface area contributed by atoms with Crippen LogP contribution in [0.4, 0.5) is 4.79 Å². The fourth-order valence-corrected chi connectivity index (χ4v) is 3.54. The van der Waals surface area contributed by atoms with Gasteiger partial charge in [-0.2, -0.15) is 5.26 Å². The van der Waals surface area contributed by atoms with Crippen LogP contribution in [0.15, 0.2) is 54.6 Å². The van der Waals surface area contributed by atoms with Crippen LogP contribution in [-0.4, -0.2) is 49.4 Å². The number of nitrogens with zero attached hydrogens (tertiary/aromatic N) is 3. The third kappa shape index (κ3) is 3.24. The fraction of sp³-hybridized carbons (Fsp3) is 0.286. The average Bonchev–Trinajstić information content (AvgIpc) is 2.92. The third-order valence-electron chi connectivity index (χ3n) is 4.83. The van der Waals surface area contributed by atoms with E-state index in [9.17, 15) is 9.59 Å². The van der Waals surface area contributed by atoms with Gasteiger partial charge in [-0.25, -0.2) is 9.69 Å². The van der Waals surface area contributed by atoms with Crippen molar-refractivity contribution in [2.24, 2.45) is 0 Å². The summed E-state index contributed by atoms with van der Waals surface area (Å²) in [5.74, 6) is -0.384. The van der Waals surface area contributed by atoms with E-state index in [1.54, 1.807) is 24.3 Å².